The second-order valence-corrected chi connectivity index (χ2v) is 10.6. The Kier molecular flexibility index (Phi) is 7.03. The summed E-state index contributed by atoms with van der Waals surface area (Å²) in [6.07, 6.45) is 1.65. The van der Waals surface area contributed by atoms with Crippen molar-refractivity contribution in [1.82, 2.24) is 9.99 Å². The summed E-state index contributed by atoms with van der Waals surface area (Å²) in [4.78, 5) is 25.2. The van der Waals surface area contributed by atoms with Gasteiger partial charge in [-0.25, -0.2) is 5.43 Å². The number of benzene rings is 4. The van der Waals surface area contributed by atoms with E-state index in [2.05, 4.69) is 78.4 Å². The molecule has 0 saturated carbocycles. The fourth-order valence-corrected chi connectivity index (χ4v) is 4.75. The monoisotopic (exact) mass is 516 g/mol. The van der Waals surface area contributed by atoms with E-state index in [-0.39, 0.29) is 17.2 Å². The van der Waals surface area contributed by atoms with Gasteiger partial charge in [-0.1, -0.05) is 57.2 Å². The summed E-state index contributed by atoms with van der Waals surface area (Å²) in [5.74, 6) is -0.526. The van der Waals surface area contributed by atoms with Gasteiger partial charge >= 0.3 is 0 Å². The number of carbonyl (C=O) groups excluding carboxylic acids is 2. The van der Waals surface area contributed by atoms with Gasteiger partial charge in [-0.3, -0.25) is 9.59 Å². The Labute approximate surface area is 228 Å². The van der Waals surface area contributed by atoms with Crippen LogP contribution in [0.3, 0.4) is 0 Å². The molecule has 0 aliphatic rings. The van der Waals surface area contributed by atoms with Crippen molar-refractivity contribution >= 4 is 45.5 Å². The van der Waals surface area contributed by atoms with E-state index < -0.39 is 0 Å². The zero-order valence-corrected chi connectivity index (χ0v) is 22.7. The number of aryl methyl sites for hydroxylation is 1. The molecule has 6 nitrogen and oxygen atoms in total. The smallest absolute Gasteiger partial charge is 0.271 e. The molecule has 0 saturated heterocycles. The Bertz CT molecular complexity index is 1690. The van der Waals surface area contributed by atoms with E-state index in [9.17, 15) is 9.59 Å². The predicted octanol–water partition coefficient (Wildman–Crippen LogP) is 7.13. The van der Waals surface area contributed by atoms with Gasteiger partial charge in [0, 0.05) is 45.2 Å². The van der Waals surface area contributed by atoms with E-state index in [1.165, 1.54) is 22.0 Å². The van der Waals surface area contributed by atoms with Crippen molar-refractivity contribution in [2.24, 2.45) is 5.10 Å². The van der Waals surface area contributed by atoms with E-state index in [1.54, 1.807) is 30.5 Å². The minimum absolute atomic E-state index is 0.0272. The van der Waals surface area contributed by atoms with E-state index in [4.69, 9.17) is 0 Å². The molecule has 0 spiro atoms. The molecular weight excluding hydrogens is 484 g/mol. The molecule has 0 aliphatic carbocycles. The SMILES string of the molecule is CCn1c2ccccc2c2cc(C=NNC(=O)c3ccc(NC(=O)c4ccc(C(C)(C)C)cc4)cc3)ccc21. The van der Waals surface area contributed by atoms with E-state index in [0.29, 0.717) is 16.8 Å². The van der Waals surface area contributed by atoms with Crippen molar-refractivity contribution in [3.63, 3.8) is 0 Å². The summed E-state index contributed by atoms with van der Waals surface area (Å²) in [6.45, 7) is 9.44. The van der Waals surface area contributed by atoms with Gasteiger partial charge in [-0.2, -0.15) is 5.10 Å². The average molecular weight is 517 g/mol. The van der Waals surface area contributed by atoms with Crippen LogP contribution in [0.25, 0.3) is 21.8 Å². The Morgan fingerprint density at radius 3 is 2.13 bits per heavy atom. The van der Waals surface area contributed by atoms with E-state index in [1.807, 2.05) is 36.4 Å². The number of hydrogen-bond acceptors (Lipinski definition) is 3. The highest BCUT2D eigenvalue weighted by atomic mass is 16.2. The van der Waals surface area contributed by atoms with E-state index in [0.717, 1.165) is 17.5 Å². The number of fused-ring (bicyclic) bond motifs is 3. The van der Waals surface area contributed by atoms with Crippen LogP contribution >= 0.6 is 0 Å². The maximum absolute atomic E-state index is 12.6. The van der Waals surface area contributed by atoms with Crippen molar-refractivity contribution in [2.45, 2.75) is 39.7 Å². The summed E-state index contributed by atoms with van der Waals surface area (Å²) in [6, 6.07) is 28.9. The van der Waals surface area contributed by atoms with Gasteiger partial charge in [-0.15, -0.1) is 0 Å². The molecule has 5 rings (SSSR count). The number of anilines is 1. The molecular formula is C33H32N4O2. The Morgan fingerprint density at radius 2 is 1.44 bits per heavy atom. The summed E-state index contributed by atoms with van der Waals surface area (Å²) in [7, 11) is 0. The first kappa shape index (κ1) is 25.9. The molecule has 4 aromatic carbocycles. The lowest BCUT2D eigenvalue weighted by molar-refractivity contribution is 0.0954. The third kappa shape index (κ3) is 5.46. The zero-order chi connectivity index (χ0) is 27.6. The lowest BCUT2D eigenvalue weighted by Crippen LogP contribution is -2.18. The maximum atomic E-state index is 12.6. The third-order valence-electron chi connectivity index (χ3n) is 6.91. The highest BCUT2D eigenvalue weighted by molar-refractivity contribution is 6.09. The van der Waals surface area contributed by atoms with Crippen LogP contribution in [0.2, 0.25) is 0 Å². The Balaban J connectivity index is 1.22. The predicted molar refractivity (Wildman–Crippen MR) is 160 cm³/mol. The number of para-hydroxylation sites is 1. The number of nitrogens with zero attached hydrogens (tertiary/aromatic N) is 2. The van der Waals surface area contributed by atoms with Crippen LogP contribution in [-0.4, -0.2) is 22.6 Å². The number of aromatic nitrogens is 1. The second-order valence-electron chi connectivity index (χ2n) is 10.6. The standard InChI is InChI=1S/C33H32N4O2/c1-5-37-29-9-7-6-8-27(29)28-20-22(10-19-30(28)37)21-34-36-32(39)24-13-17-26(18-14-24)35-31(38)23-11-15-25(16-12-23)33(2,3)4/h6-21H,5H2,1-4H3,(H,35,38)(H,36,39). The van der Waals surface area contributed by atoms with Crippen molar-refractivity contribution in [3.8, 4) is 0 Å². The Hall–Kier alpha value is -4.71. The number of nitrogens with one attached hydrogen (secondary N) is 2. The lowest BCUT2D eigenvalue weighted by Gasteiger charge is -2.19. The average Bonchev–Trinajstić information content (AvgIpc) is 3.26. The number of hydrogen-bond donors (Lipinski definition) is 2. The minimum atomic E-state index is -0.328. The van der Waals surface area contributed by atoms with Gasteiger partial charge in [0.2, 0.25) is 0 Å². The number of carbonyl (C=O) groups is 2. The topological polar surface area (TPSA) is 75.5 Å². The largest absolute Gasteiger partial charge is 0.341 e. The molecule has 0 unspecified atom stereocenters. The van der Waals surface area contributed by atoms with Gasteiger partial charge in [0.15, 0.2) is 0 Å². The lowest BCUT2D eigenvalue weighted by atomic mass is 9.87. The van der Waals surface area contributed by atoms with Gasteiger partial charge < -0.3 is 9.88 Å². The molecule has 0 aliphatic heterocycles. The summed E-state index contributed by atoms with van der Waals surface area (Å²) in [5, 5.41) is 9.40. The quantitative estimate of drug-likeness (QED) is 0.186. The molecule has 196 valence electrons. The first-order valence-electron chi connectivity index (χ1n) is 13.1. The number of amides is 2. The fourth-order valence-electron chi connectivity index (χ4n) is 4.75. The molecule has 0 atom stereocenters. The normalized spacial score (nSPS) is 11.8. The van der Waals surface area contributed by atoms with Gasteiger partial charge in [-0.05, 0) is 78.1 Å². The molecule has 2 amide bonds. The zero-order valence-electron chi connectivity index (χ0n) is 22.7. The summed E-state index contributed by atoms with van der Waals surface area (Å²) >= 11 is 0. The van der Waals surface area contributed by atoms with Crippen LogP contribution < -0.4 is 10.7 Å². The number of rotatable bonds is 6. The first-order chi connectivity index (χ1) is 18.7. The van der Waals surface area contributed by atoms with Crippen molar-refractivity contribution in [3.05, 3.63) is 113 Å². The first-order valence-corrected chi connectivity index (χ1v) is 13.1. The van der Waals surface area contributed by atoms with Crippen LogP contribution in [-0.2, 0) is 12.0 Å². The highest BCUT2D eigenvalue weighted by Crippen LogP contribution is 2.29. The van der Waals surface area contributed by atoms with Gasteiger partial charge in [0.25, 0.3) is 11.8 Å². The summed E-state index contributed by atoms with van der Waals surface area (Å²) < 4.78 is 2.29. The van der Waals surface area contributed by atoms with Crippen LogP contribution in [0.4, 0.5) is 5.69 Å². The van der Waals surface area contributed by atoms with Crippen LogP contribution in [0.5, 0.6) is 0 Å². The molecule has 5 aromatic rings. The van der Waals surface area contributed by atoms with Gasteiger partial charge in [0.05, 0.1) is 6.21 Å². The van der Waals surface area contributed by atoms with Crippen LogP contribution in [0.15, 0.2) is 96.1 Å². The Morgan fingerprint density at radius 1 is 0.795 bits per heavy atom. The highest BCUT2D eigenvalue weighted by Gasteiger charge is 2.15. The third-order valence-corrected chi connectivity index (χ3v) is 6.91. The van der Waals surface area contributed by atoms with Crippen molar-refractivity contribution in [1.29, 1.82) is 0 Å². The van der Waals surface area contributed by atoms with Crippen LogP contribution in [0.1, 0.15) is 59.5 Å². The maximum Gasteiger partial charge on any atom is 0.271 e. The minimum Gasteiger partial charge on any atom is -0.341 e. The van der Waals surface area contributed by atoms with Crippen LogP contribution in [0, 0.1) is 0 Å². The van der Waals surface area contributed by atoms with Crippen molar-refractivity contribution < 1.29 is 9.59 Å². The summed E-state index contributed by atoms with van der Waals surface area (Å²) in [5.41, 5.74) is 8.70. The van der Waals surface area contributed by atoms with Crippen molar-refractivity contribution in [2.75, 3.05) is 5.32 Å². The number of hydrazone groups is 1. The molecule has 0 fully saturated rings. The second kappa shape index (κ2) is 10.6. The molecule has 2 N–H and O–H groups in total. The van der Waals surface area contributed by atoms with Gasteiger partial charge in [0.1, 0.15) is 0 Å². The molecule has 39 heavy (non-hydrogen) atoms. The molecule has 6 heteroatoms. The van der Waals surface area contributed by atoms with E-state index >= 15 is 0 Å². The molecule has 1 heterocycles. The fraction of sp³-hybridized carbons (Fsp3) is 0.182. The molecule has 1 aromatic heterocycles. The molecule has 0 bridgehead atoms. The molecule has 0 radical (unpaired) electrons.